The first-order valence-electron chi connectivity index (χ1n) is 2.29. The van der Waals surface area contributed by atoms with Gasteiger partial charge in [0.25, 0.3) is 0 Å². The molecule has 0 aliphatic rings. The van der Waals surface area contributed by atoms with E-state index in [2.05, 4.69) is 11.2 Å². The predicted molar refractivity (Wildman–Crippen MR) is 29.6 cm³/mol. The summed E-state index contributed by atoms with van der Waals surface area (Å²) < 4.78 is 4.83. The van der Waals surface area contributed by atoms with Gasteiger partial charge in [-0.3, -0.25) is 4.98 Å². The Morgan fingerprint density at radius 3 is 3.00 bits per heavy atom. The van der Waals surface area contributed by atoms with Crippen LogP contribution in [0.25, 0.3) is 0 Å². The van der Waals surface area contributed by atoms with E-state index >= 15 is 0 Å². The van der Waals surface area contributed by atoms with Gasteiger partial charge in [-0.25, -0.2) is 0 Å². The van der Waals surface area contributed by atoms with Crippen LogP contribution in [0.3, 0.4) is 0 Å². The molecule has 0 saturated carbocycles. The van der Waals surface area contributed by atoms with Crippen LogP contribution in [0.15, 0.2) is 18.3 Å². The Bertz CT molecular complexity index is 150. The molecule has 0 aliphatic carbocycles. The number of aromatic nitrogens is 1. The highest BCUT2D eigenvalue weighted by Crippen LogP contribution is 2.02. The average molecular weight is 108 g/mol. The van der Waals surface area contributed by atoms with Gasteiger partial charge in [-0.2, -0.15) is 0 Å². The van der Waals surface area contributed by atoms with Crippen LogP contribution in [-0.2, 0) is 0 Å². The highest BCUT2D eigenvalue weighted by molar-refractivity contribution is 5.14. The van der Waals surface area contributed by atoms with Crippen LogP contribution in [0.1, 0.15) is 0 Å². The van der Waals surface area contributed by atoms with Crippen LogP contribution in [0.2, 0.25) is 0 Å². The van der Waals surface area contributed by atoms with Gasteiger partial charge in [0.2, 0.25) is 0 Å². The van der Waals surface area contributed by atoms with Crippen molar-refractivity contribution in [1.82, 2.24) is 4.98 Å². The van der Waals surface area contributed by atoms with Gasteiger partial charge in [-0.15, -0.1) is 0 Å². The Kier molecular flexibility index (Phi) is 1.47. The molecule has 2 heteroatoms. The van der Waals surface area contributed by atoms with E-state index in [1.54, 1.807) is 25.4 Å². The summed E-state index contributed by atoms with van der Waals surface area (Å²) in [6.07, 6.45) is 4.25. The molecule has 0 bridgehead atoms. The van der Waals surface area contributed by atoms with Crippen LogP contribution >= 0.6 is 0 Å². The first-order chi connectivity index (χ1) is 3.93. The third kappa shape index (κ3) is 0.964. The van der Waals surface area contributed by atoms with Gasteiger partial charge in [-0.1, -0.05) is 0 Å². The number of pyridine rings is 1. The molecule has 1 heterocycles. The standard InChI is InChI=1S/C6H6NO/c1-8-6-3-2-4-7-5-6/h2-3,5H,1H3. The van der Waals surface area contributed by atoms with Crippen molar-refractivity contribution in [1.29, 1.82) is 0 Å². The van der Waals surface area contributed by atoms with Crippen LogP contribution in [0.5, 0.6) is 5.75 Å². The number of hydrogen-bond donors (Lipinski definition) is 0. The molecule has 0 aliphatic heterocycles. The summed E-state index contributed by atoms with van der Waals surface area (Å²) >= 11 is 0. The zero-order valence-electron chi connectivity index (χ0n) is 4.59. The van der Waals surface area contributed by atoms with Gasteiger partial charge >= 0.3 is 0 Å². The molecule has 0 aromatic carbocycles. The van der Waals surface area contributed by atoms with E-state index in [9.17, 15) is 0 Å². The van der Waals surface area contributed by atoms with Gasteiger partial charge in [0.1, 0.15) is 5.75 Å². The van der Waals surface area contributed by atoms with Gasteiger partial charge in [0.15, 0.2) is 0 Å². The topological polar surface area (TPSA) is 22.1 Å². The van der Waals surface area contributed by atoms with E-state index in [0.29, 0.717) is 0 Å². The predicted octanol–water partition coefficient (Wildman–Crippen LogP) is 0.890. The number of nitrogens with zero attached hydrogens (tertiary/aromatic N) is 1. The van der Waals surface area contributed by atoms with Crippen molar-refractivity contribution in [3.63, 3.8) is 0 Å². The lowest BCUT2D eigenvalue weighted by Gasteiger charge is -1.92. The zero-order valence-corrected chi connectivity index (χ0v) is 4.59. The number of methoxy groups -OCH3 is 1. The molecular weight excluding hydrogens is 102 g/mol. The van der Waals surface area contributed by atoms with E-state index in [-0.39, 0.29) is 0 Å². The summed E-state index contributed by atoms with van der Waals surface area (Å²) in [5, 5.41) is 0. The Morgan fingerprint density at radius 1 is 1.75 bits per heavy atom. The molecule has 0 fully saturated rings. The second-order valence-corrected chi connectivity index (χ2v) is 1.33. The van der Waals surface area contributed by atoms with Crippen LogP contribution in [0, 0.1) is 6.20 Å². The minimum atomic E-state index is 0.767. The molecule has 0 spiro atoms. The molecule has 0 saturated heterocycles. The molecule has 41 valence electrons. The van der Waals surface area contributed by atoms with E-state index in [4.69, 9.17) is 4.74 Å². The second-order valence-electron chi connectivity index (χ2n) is 1.33. The lowest BCUT2D eigenvalue weighted by Crippen LogP contribution is -1.81. The number of ether oxygens (including phenoxy) is 1. The maximum absolute atomic E-state index is 4.83. The molecule has 8 heavy (non-hydrogen) atoms. The smallest absolute Gasteiger partial charge is 0.137 e. The minimum absolute atomic E-state index is 0.767. The highest BCUT2D eigenvalue weighted by atomic mass is 16.5. The molecule has 0 amide bonds. The lowest BCUT2D eigenvalue weighted by atomic mass is 10.5. The molecule has 0 unspecified atom stereocenters. The van der Waals surface area contributed by atoms with Crippen LogP contribution in [0.4, 0.5) is 0 Å². The minimum Gasteiger partial charge on any atom is -0.495 e. The Balaban J connectivity index is 2.83. The highest BCUT2D eigenvalue weighted by Gasteiger charge is 1.82. The molecule has 1 aromatic rings. The fourth-order valence-electron chi connectivity index (χ4n) is 0.427. The molecule has 2 nitrogen and oxygen atoms in total. The molecule has 0 atom stereocenters. The van der Waals surface area contributed by atoms with E-state index < -0.39 is 0 Å². The summed E-state index contributed by atoms with van der Waals surface area (Å²) in [4.78, 5) is 3.71. The van der Waals surface area contributed by atoms with Crippen molar-refractivity contribution in [3.05, 3.63) is 24.5 Å². The Hall–Kier alpha value is -1.05. The van der Waals surface area contributed by atoms with Crippen molar-refractivity contribution >= 4 is 0 Å². The summed E-state index contributed by atoms with van der Waals surface area (Å²) in [6.45, 7) is 0. The fraction of sp³-hybridized carbons (Fsp3) is 0.167. The molecule has 1 radical (unpaired) electrons. The number of rotatable bonds is 1. The summed E-state index contributed by atoms with van der Waals surface area (Å²) in [6, 6.07) is 3.51. The van der Waals surface area contributed by atoms with Gasteiger partial charge in [0, 0.05) is 0 Å². The largest absolute Gasteiger partial charge is 0.495 e. The van der Waals surface area contributed by atoms with Gasteiger partial charge in [-0.05, 0) is 12.1 Å². The van der Waals surface area contributed by atoms with E-state index in [0.717, 1.165) is 5.75 Å². The summed E-state index contributed by atoms with van der Waals surface area (Å²) in [5.74, 6) is 0.767. The third-order valence-corrected chi connectivity index (χ3v) is 0.824. The lowest BCUT2D eigenvalue weighted by molar-refractivity contribution is 0.413. The maximum Gasteiger partial charge on any atom is 0.137 e. The third-order valence-electron chi connectivity index (χ3n) is 0.824. The molecule has 1 aromatic heterocycles. The van der Waals surface area contributed by atoms with Crippen molar-refractivity contribution < 1.29 is 4.74 Å². The van der Waals surface area contributed by atoms with Crippen LogP contribution < -0.4 is 4.74 Å². The average Bonchev–Trinajstić information content (AvgIpc) is 1.90. The Labute approximate surface area is 48.1 Å². The van der Waals surface area contributed by atoms with Crippen molar-refractivity contribution in [2.75, 3.05) is 7.11 Å². The monoisotopic (exact) mass is 108 g/mol. The van der Waals surface area contributed by atoms with Crippen molar-refractivity contribution in [2.24, 2.45) is 0 Å². The van der Waals surface area contributed by atoms with Crippen LogP contribution in [-0.4, -0.2) is 12.1 Å². The summed E-state index contributed by atoms with van der Waals surface area (Å²) in [7, 11) is 1.61. The van der Waals surface area contributed by atoms with Crippen molar-refractivity contribution in [3.8, 4) is 5.75 Å². The van der Waals surface area contributed by atoms with E-state index in [1.807, 2.05) is 0 Å². The molecule has 1 rings (SSSR count). The SMILES string of the molecule is COc1cc[c]nc1. The molecule has 0 N–H and O–H groups in total. The summed E-state index contributed by atoms with van der Waals surface area (Å²) in [5.41, 5.74) is 0. The molecular formula is C6H6NO. The fourth-order valence-corrected chi connectivity index (χ4v) is 0.427. The first-order valence-corrected chi connectivity index (χ1v) is 2.29. The van der Waals surface area contributed by atoms with Gasteiger partial charge in [0.05, 0.1) is 19.5 Å². The first kappa shape index (κ1) is 5.09. The Morgan fingerprint density at radius 2 is 2.62 bits per heavy atom. The zero-order chi connectivity index (χ0) is 5.82. The normalized spacial score (nSPS) is 8.62. The maximum atomic E-state index is 4.83. The number of hydrogen-bond acceptors (Lipinski definition) is 2. The van der Waals surface area contributed by atoms with Gasteiger partial charge < -0.3 is 4.74 Å². The van der Waals surface area contributed by atoms with E-state index in [1.165, 1.54) is 0 Å². The second kappa shape index (κ2) is 2.31. The quantitative estimate of drug-likeness (QED) is 0.533. The van der Waals surface area contributed by atoms with Crippen molar-refractivity contribution in [2.45, 2.75) is 0 Å².